The van der Waals surface area contributed by atoms with Crippen LogP contribution in [0.4, 0.5) is 5.69 Å². The molecule has 19 heavy (non-hydrogen) atoms. The van der Waals surface area contributed by atoms with Crippen LogP contribution in [0.1, 0.15) is 15.9 Å². The minimum absolute atomic E-state index is 0.641. The molecule has 0 saturated heterocycles. The first-order valence-corrected chi connectivity index (χ1v) is 6.18. The first kappa shape index (κ1) is 13.3. The van der Waals surface area contributed by atoms with Gasteiger partial charge >= 0.3 is 0 Å². The van der Waals surface area contributed by atoms with E-state index in [9.17, 15) is 4.79 Å². The Kier molecular flexibility index (Phi) is 4.31. The Morgan fingerprint density at radius 3 is 2.74 bits per heavy atom. The van der Waals surface area contributed by atoms with E-state index in [1.165, 1.54) is 0 Å². The monoisotopic (exact) mass is 255 g/mol. The van der Waals surface area contributed by atoms with Gasteiger partial charge in [0.15, 0.2) is 0 Å². The molecule has 0 heterocycles. The predicted octanol–water partition coefficient (Wildman–Crippen LogP) is 2.94. The molecule has 0 spiro atoms. The maximum absolute atomic E-state index is 10.8. The number of hydrogen-bond donors (Lipinski definition) is 1. The maximum atomic E-state index is 10.8. The summed E-state index contributed by atoms with van der Waals surface area (Å²) in [6, 6.07) is 13.4. The highest BCUT2D eigenvalue weighted by atomic mass is 16.5. The number of para-hydroxylation sites is 1. The zero-order valence-electron chi connectivity index (χ0n) is 10.9. The predicted molar refractivity (Wildman–Crippen MR) is 77.3 cm³/mol. The zero-order valence-corrected chi connectivity index (χ0v) is 10.9. The Morgan fingerprint density at radius 2 is 2.00 bits per heavy atom. The molecule has 0 fully saturated rings. The third kappa shape index (κ3) is 3.01. The molecule has 0 saturated carbocycles. The van der Waals surface area contributed by atoms with Crippen LogP contribution in [0, 0.1) is 0 Å². The summed E-state index contributed by atoms with van der Waals surface area (Å²) < 4.78 is 5.08. The minimum Gasteiger partial charge on any atom is -0.398 e. The largest absolute Gasteiger partial charge is 0.398 e. The van der Waals surface area contributed by atoms with Crippen LogP contribution in [0.3, 0.4) is 0 Å². The van der Waals surface area contributed by atoms with Gasteiger partial charge in [0.25, 0.3) is 0 Å². The SMILES string of the molecule is COCCc1cccc(-c2cccc(C=O)c2)c1N. The second kappa shape index (κ2) is 6.16. The molecule has 0 unspecified atom stereocenters. The van der Waals surface area contributed by atoms with Crippen molar-refractivity contribution in [2.24, 2.45) is 0 Å². The lowest BCUT2D eigenvalue weighted by Gasteiger charge is -2.11. The highest BCUT2D eigenvalue weighted by Gasteiger charge is 2.07. The molecule has 0 bridgehead atoms. The van der Waals surface area contributed by atoms with Crippen LogP contribution in [0.5, 0.6) is 0 Å². The second-order valence-electron chi connectivity index (χ2n) is 4.36. The number of carbonyl (C=O) groups excluding carboxylic acids is 1. The van der Waals surface area contributed by atoms with Crippen LogP contribution < -0.4 is 5.73 Å². The minimum atomic E-state index is 0.641. The molecule has 3 heteroatoms. The van der Waals surface area contributed by atoms with Gasteiger partial charge in [-0.2, -0.15) is 0 Å². The summed E-state index contributed by atoms with van der Waals surface area (Å²) in [5.74, 6) is 0. The first-order valence-electron chi connectivity index (χ1n) is 6.18. The summed E-state index contributed by atoms with van der Waals surface area (Å²) in [6.45, 7) is 0.641. The Morgan fingerprint density at radius 1 is 1.21 bits per heavy atom. The molecule has 0 aliphatic carbocycles. The molecule has 2 aromatic rings. The topological polar surface area (TPSA) is 52.3 Å². The van der Waals surface area contributed by atoms with Crippen molar-refractivity contribution in [1.29, 1.82) is 0 Å². The molecule has 0 amide bonds. The Balaban J connectivity index is 2.41. The number of aldehydes is 1. The second-order valence-corrected chi connectivity index (χ2v) is 4.36. The standard InChI is InChI=1S/C16H17NO2/c1-19-9-8-13-5-3-7-15(16(13)17)14-6-2-4-12(10-14)11-18/h2-7,10-11H,8-9,17H2,1H3. The molecule has 0 aliphatic heterocycles. The fraction of sp³-hybridized carbons (Fsp3) is 0.188. The van der Waals surface area contributed by atoms with Crippen molar-refractivity contribution >= 4 is 12.0 Å². The fourth-order valence-electron chi connectivity index (χ4n) is 2.07. The number of rotatable bonds is 5. The van der Waals surface area contributed by atoms with E-state index in [1.54, 1.807) is 13.2 Å². The maximum Gasteiger partial charge on any atom is 0.150 e. The van der Waals surface area contributed by atoms with E-state index in [0.717, 1.165) is 35.1 Å². The van der Waals surface area contributed by atoms with Gasteiger partial charge in [-0.1, -0.05) is 36.4 Å². The van der Waals surface area contributed by atoms with Gasteiger partial charge in [0.2, 0.25) is 0 Å². The van der Waals surface area contributed by atoms with Gasteiger partial charge in [0, 0.05) is 23.9 Å². The van der Waals surface area contributed by atoms with Crippen molar-refractivity contribution in [1.82, 2.24) is 0 Å². The van der Waals surface area contributed by atoms with Gasteiger partial charge in [-0.25, -0.2) is 0 Å². The Bertz CT molecular complexity index is 579. The van der Waals surface area contributed by atoms with E-state index >= 15 is 0 Å². The van der Waals surface area contributed by atoms with E-state index in [4.69, 9.17) is 10.5 Å². The van der Waals surface area contributed by atoms with Crippen LogP contribution in [0.15, 0.2) is 42.5 Å². The highest BCUT2D eigenvalue weighted by Crippen LogP contribution is 2.29. The number of carbonyl (C=O) groups is 1. The molecule has 2 rings (SSSR count). The smallest absolute Gasteiger partial charge is 0.150 e. The van der Waals surface area contributed by atoms with E-state index in [0.29, 0.717) is 12.2 Å². The van der Waals surface area contributed by atoms with Crippen molar-refractivity contribution in [3.8, 4) is 11.1 Å². The molecule has 0 aliphatic rings. The van der Waals surface area contributed by atoms with Crippen LogP contribution in [-0.2, 0) is 11.2 Å². The molecule has 2 N–H and O–H groups in total. The zero-order chi connectivity index (χ0) is 13.7. The molecule has 0 radical (unpaired) electrons. The van der Waals surface area contributed by atoms with Gasteiger partial charge in [-0.05, 0) is 23.6 Å². The van der Waals surface area contributed by atoms with Gasteiger partial charge in [-0.15, -0.1) is 0 Å². The summed E-state index contributed by atoms with van der Waals surface area (Å²) in [7, 11) is 1.67. The van der Waals surface area contributed by atoms with E-state index in [2.05, 4.69) is 0 Å². The number of ether oxygens (including phenoxy) is 1. The van der Waals surface area contributed by atoms with Gasteiger partial charge in [0.1, 0.15) is 6.29 Å². The number of nitrogen functional groups attached to an aromatic ring is 1. The lowest BCUT2D eigenvalue weighted by Crippen LogP contribution is -2.01. The number of benzene rings is 2. The van der Waals surface area contributed by atoms with Gasteiger partial charge in [-0.3, -0.25) is 4.79 Å². The number of hydrogen-bond acceptors (Lipinski definition) is 3. The summed E-state index contributed by atoms with van der Waals surface area (Å²) >= 11 is 0. The lowest BCUT2D eigenvalue weighted by molar-refractivity contribution is 0.112. The molecule has 0 aromatic heterocycles. The van der Waals surface area contributed by atoms with Crippen molar-refractivity contribution in [3.63, 3.8) is 0 Å². The first-order chi connectivity index (χ1) is 9.26. The van der Waals surface area contributed by atoms with Crippen LogP contribution in [0.25, 0.3) is 11.1 Å². The third-order valence-corrected chi connectivity index (χ3v) is 3.11. The van der Waals surface area contributed by atoms with Gasteiger partial charge in [0.05, 0.1) is 6.61 Å². The summed E-state index contributed by atoms with van der Waals surface area (Å²) in [5, 5.41) is 0. The quantitative estimate of drug-likeness (QED) is 0.660. The Hall–Kier alpha value is -2.13. The van der Waals surface area contributed by atoms with Crippen LogP contribution in [-0.4, -0.2) is 20.0 Å². The fourth-order valence-corrected chi connectivity index (χ4v) is 2.07. The van der Waals surface area contributed by atoms with Crippen molar-refractivity contribution < 1.29 is 9.53 Å². The van der Waals surface area contributed by atoms with E-state index in [1.807, 2.05) is 36.4 Å². The van der Waals surface area contributed by atoms with Crippen LogP contribution in [0.2, 0.25) is 0 Å². The highest BCUT2D eigenvalue weighted by molar-refractivity contribution is 5.83. The summed E-state index contributed by atoms with van der Waals surface area (Å²) in [4.78, 5) is 10.8. The lowest BCUT2D eigenvalue weighted by atomic mass is 9.98. The number of methoxy groups -OCH3 is 1. The molecule has 3 nitrogen and oxygen atoms in total. The molecular weight excluding hydrogens is 238 g/mol. The molecule has 2 aromatic carbocycles. The van der Waals surface area contributed by atoms with E-state index in [-0.39, 0.29) is 0 Å². The molecular formula is C16H17NO2. The average Bonchev–Trinajstić information content (AvgIpc) is 2.46. The average molecular weight is 255 g/mol. The summed E-state index contributed by atoms with van der Waals surface area (Å²) in [5.41, 5.74) is 10.6. The Labute approximate surface area is 113 Å². The normalized spacial score (nSPS) is 10.4. The van der Waals surface area contributed by atoms with Crippen LogP contribution >= 0.6 is 0 Å². The van der Waals surface area contributed by atoms with Crippen molar-refractivity contribution in [2.45, 2.75) is 6.42 Å². The third-order valence-electron chi connectivity index (χ3n) is 3.11. The van der Waals surface area contributed by atoms with E-state index < -0.39 is 0 Å². The number of nitrogens with two attached hydrogens (primary N) is 1. The molecule has 0 atom stereocenters. The summed E-state index contributed by atoms with van der Waals surface area (Å²) in [6.07, 6.45) is 1.62. The van der Waals surface area contributed by atoms with Crippen molar-refractivity contribution in [3.05, 3.63) is 53.6 Å². The van der Waals surface area contributed by atoms with Gasteiger partial charge < -0.3 is 10.5 Å². The molecule has 98 valence electrons. The number of anilines is 1. The van der Waals surface area contributed by atoms with Crippen molar-refractivity contribution in [2.75, 3.05) is 19.5 Å².